The predicted molar refractivity (Wildman–Crippen MR) is 63.1 cm³/mol. The van der Waals surface area contributed by atoms with Crippen LogP contribution in [0.4, 0.5) is 0 Å². The highest BCUT2D eigenvalue weighted by Crippen LogP contribution is 2.30. The van der Waals surface area contributed by atoms with Gasteiger partial charge in [-0.15, -0.1) is 0 Å². The number of ether oxygens (including phenoxy) is 2. The lowest BCUT2D eigenvalue weighted by atomic mass is 10.2. The van der Waals surface area contributed by atoms with Crippen LogP contribution in [0.25, 0.3) is 0 Å². The molecule has 1 aromatic rings. The Kier molecular flexibility index (Phi) is 3.44. The van der Waals surface area contributed by atoms with Gasteiger partial charge in [0.25, 0.3) is 0 Å². The third-order valence-electron chi connectivity index (χ3n) is 2.59. The standard InChI is InChI=1S/C13H17NO2/c1-2-15-13(14)11-5-3-4-6-12(11)16-9-10-7-8-10/h3-6,10,14H,2,7-9H2,1H3. The van der Waals surface area contributed by atoms with Crippen molar-refractivity contribution in [3.05, 3.63) is 29.8 Å². The maximum atomic E-state index is 7.77. The molecule has 1 saturated carbocycles. The zero-order chi connectivity index (χ0) is 11.4. The Morgan fingerprint density at radius 1 is 1.38 bits per heavy atom. The molecule has 86 valence electrons. The minimum atomic E-state index is 0.189. The van der Waals surface area contributed by atoms with E-state index in [0.29, 0.717) is 12.5 Å². The zero-order valence-corrected chi connectivity index (χ0v) is 9.53. The monoisotopic (exact) mass is 219 g/mol. The normalized spacial score (nSPS) is 14.6. The summed E-state index contributed by atoms with van der Waals surface area (Å²) in [5.41, 5.74) is 0.741. The molecule has 1 N–H and O–H groups in total. The molecular weight excluding hydrogens is 202 g/mol. The molecule has 0 aromatic heterocycles. The first-order valence-corrected chi connectivity index (χ1v) is 5.74. The Bertz CT molecular complexity index is 372. The van der Waals surface area contributed by atoms with E-state index in [4.69, 9.17) is 14.9 Å². The second-order valence-corrected chi connectivity index (χ2v) is 4.01. The summed E-state index contributed by atoms with van der Waals surface area (Å²) in [5, 5.41) is 7.77. The van der Waals surface area contributed by atoms with Crippen LogP contribution in [0.1, 0.15) is 25.3 Å². The molecule has 1 fully saturated rings. The van der Waals surface area contributed by atoms with Crippen molar-refractivity contribution in [3.8, 4) is 5.75 Å². The second-order valence-electron chi connectivity index (χ2n) is 4.01. The number of nitrogens with one attached hydrogen (secondary N) is 1. The topological polar surface area (TPSA) is 42.3 Å². The van der Waals surface area contributed by atoms with Crippen LogP contribution in [0.3, 0.4) is 0 Å². The fraction of sp³-hybridized carbons (Fsp3) is 0.462. The maximum Gasteiger partial charge on any atom is 0.217 e. The Labute approximate surface area is 95.9 Å². The number of rotatable bonds is 5. The smallest absolute Gasteiger partial charge is 0.217 e. The maximum absolute atomic E-state index is 7.77. The molecule has 1 aliphatic carbocycles. The number of hydrogen-bond donors (Lipinski definition) is 1. The van der Waals surface area contributed by atoms with E-state index >= 15 is 0 Å². The van der Waals surface area contributed by atoms with Gasteiger partial charge in [-0.1, -0.05) is 12.1 Å². The van der Waals surface area contributed by atoms with Crippen LogP contribution >= 0.6 is 0 Å². The molecule has 0 radical (unpaired) electrons. The average Bonchev–Trinajstić information content (AvgIpc) is 3.11. The molecule has 16 heavy (non-hydrogen) atoms. The Morgan fingerprint density at radius 2 is 2.12 bits per heavy atom. The number of benzene rings is 1. The molecule has 1 aliphatic rings. The van der Waals surface area contributed by atoms with Gasteiger partial charge in [-0.25, -0.2) is 0 Å². The van der Waals surface area contributed by atoms with Gasteiger partial charge in [-0.2, -0.15) is 0 Å². The molecule has 3 nitrogen and oxygen atoms in total. The fourth-order valence-electron chi connectivity index (χ4n) is 1.49. The second kappa shape index (κ2) is 5.01. The molecule has 0 saturated heterocycles. The number of hydrogen-bond acceptors (Lipinski definition) is 3. The Balaban J connectivity index is 2.05. The largest absolute Gasteiger partial charge is 0.492 e. The molecule has 0 amide bonds. The first-order valence-electron chi connectivity index (χ1n) is 5.74. The van der Waals surface area contributed by atoms with Crippen molar-refractivity contribution < 1.29 is 9.47 Å². The van der Waals surface area contributed by atoms with Gasteiger partial charge in [0, 0.05) is 0 Å². The van der Waals surface area contributed by atoms with Crippen LogP contribution in [0.5, 0.6) is 5.75 Å². The molecule has 0 spiro atoms. The summed E-state index contributed by atoms with van der Waals surface area (Å²) in [6.07, 6.45) is 2.54. The van der Waals surface area contributed by atoms with Crippen molar-refractivity contribution in [2.24, 2.45) is 5.92 Å². The van der Waals surface area contributed by atoms with E-state index in [1.54, 1.807) is 0 Å². The molecule has 0 atom stereocenters. The summed E-state index contributed by atoms with van der Waals surface area (Å²) in [6, 6.07) is 7.57. The van der Waals surface area contributed by atoms with Crippen LogP contribution in [0.15, 0.2) is 24.3 Å². The van der Waals surface area contributed by atoms with Gasteiger partial charge in [0.1, 0.15) is 5.75 Å². The van der Waals surface area contributed by atoms with E-state index < -0.39 is 0 Å². The van der Waals surface area contributed by atoms with Crippen molar-refractivity contribution in [2.75, 3.05) is 13.2 Å². The van der Waals surface area contributed by atoms with E-state index in [2.05, 4.69) is 0 Å². The summed E-state index contributed by atoms with van der Waals surface area (Å²) < 4.78 is 10.9. The predicted octanol–water partition coefficient (Wildman–Crippen LogP) is 2.84. The van der Waals surface area contributed by atoms with Crippen molar-refractivity contribution in [1.29, 1.82) is 5.41 Å². The lowest BCUT2D eigenvalue weighted by molar-refractivity contribution is 0.293. The van der Waals surface area contributed by atoms with E-state index in [1.807, 2.05) is 31.2 Å². The van der Waals surface area contributed by atoms with Crippen LogP contribution in [0.2, 0.25) is 0 Å². The Hall–Kier alpha value is -1.51. The van der Waals surface area contributed by atoms with E-state index in [1.165, 1.54) is 12.8 Å². The van der Waals surface area contributed by atoms with Crippen molar-refractivity contribution in [2.45, 2.75) is 19.8 Å². The third-order valence-corrected chi connectivity index (χ3v) is 2.59. The summed E-state index contributed by atoms with van der Waals surface area (Å²) in [5.74, 6) is 1.66. The summed E-state index contributed by atoms with van der Waals surface area (Å²) >= 11 is 0. The number of para-hydroxylation sites is 1. The molecule has 2 rings (SSSR count). The SMILES string of the molecule is CCOC(=N)c1ccccc1OCC1CC1. The highest BCUT2D eigenvalue weighted by molar-refractivity contribution is 5.94. The highest BCUT2D eigenvalue weighted by atomic mass is 16.5. The first-order chi connectivity index (χ1) is 7.81. The third kappa shape index (κ3) is 2.75. The van der Waals surface area contributed by atoms with Gasteiger partial charge in [-0.05, 0) is 37.8 Å². The first kappa shape index (κ1) is 11.0. The van der Waals surface area contributed by atoms with Gasteiger partial charge in [-0.3, -0.25) is 5.41 Å². The minimum Gasteiger partial charge on any atom is -0.492 e. The lowest BCUT2D eigenvalue weighted by Gasteiger charge is -2.11. The molecular formula is C13H17NO2. The Morgan fingerprint density at radius 3 is 2.81 bits per heavy atom. The van der Waals surface area contributed by atoms with Crippen LogP contribution in [-0.4, -0.2) is 19.1 Å². The zero-order valence-electron chi connectivity index (χ0n) is 9.53. The summed E-state index contributed by atoms with van der Waals surface area (Å²) in [4.78, 5) is 0. The van der Waals surface area contributed by atoms with Crippen LogP contribution in [-0.2, 0) is 4.74 Å². The van der Waals surface area contributed by atoms with E-state index in [0.717, 1.165) is 17.9 Å². The fourth-order valence-corrected chi connectivity index (χ4v) is 1.49. The molecule has 0 bridgehead atoms. The summed E-state index contributed by atoms with van der Waals surface area (Å²) in [6.45, 7) is 3.15. The lowest BCUT2D eigenvalue weighted by Crippen LogP contribution is -2.09. The van der Waals surface area contributed by atoms with E-state index in [9.17, 15) is 0 Å². The van der Waals surface area contributed by atoms with Gasteiger partial charge in [0.2, 0.25) is 5.90 Å². The van der Waals surface area contributed by atoms with E-state index in [-0.39, 0.29) is 5.90 Å². The van der Waals surface area contributed by atoms with Crippen molar-refractivity contribution in [1.82, 2.24) is 0 Å². The minimum absolute atomic E-state index is 0.189. The average molecular weight is 219 g/mol. The molecule has 0 unspecified atom stereocenters. The van der Waals surface area contributed by atoms with Gasteiger partial charge >= 0.3 is 0 Å². The van der Waals surface area contributed by atoms with Gasteiger partial charge in [0.05, 0.1) is 18.8 Å². The quantitative estimate of drug-likeness (QED) is 0.611. The molecule has 3 heteroatoms. The molecule has 0 aliphatic heterocycles. The van der Waals surface area contributed by atoms with Gasteiger partial charge in [0.15, 0.2) is 0 Å². The van der Waals surface area contributed by atoms with Crippen LogP contribution in [0, 0.1) is 11.3 Å². The highest BCUT2D eigenvalue weighted by Gasteiger charge is 2.22. The van der Waals surface area contributed by atoms with Crippen molar-refractivity contribution >= 4 is 5.90 Å². The molecule has 1 aromatic carbocycles. The van der Waals surface area contributed by atoms with Crippen molar-refractivity contribution in [3.63, 3.8) is 0 Å². The van der Waals surface area contributed by atoms with Gasteiger partial charge < -0.3 is 9.47 Å². The molecule has 0 heterocycles. The van der Waals surface area contributed by atoms with Crippen LogP contribution < -0.4 is 4.74 Å². The summed E-state index contributed by atoms with van der Waals surface area (Å²) in [7, 11) is 0.